The minimum Gasteiger partial charge on any atom is -0.383 e. The number of halogens is 1. The van der Waals surface area contributed by atoms with Crippen molar-refractivity contribution < 1.29 is 28.8 Å². The molecular formula is C35H35ClO6. The van der Waals surface area contributed by atoms with Crippen LogP contribution in [0.3, 0.4) is 0 Å². The molecule has 0 saturated heterocycles. The van der Waals surface area contributed by atoms with Crippen LogP contribution in [-0.4, -0.2) is 46.8 Å². The predicted molar refractivity (Wildman–Crippen MR) is 161 cm³/mol. The van der Waals surface area contributed by atoms with Gasteiger partial charge in [-0.25, -0.2) is 0 Å². The number of ether oxygens (including phenoxy) is 4. The number of benzene rings is 4. The molecule has 42 heavy (non-hydrogen) atoms. The molecule has 6 nitrogen and oxygen atoms in total. The van der Waals surface area contributed by atoms with Crippen LogP contribution in [0.2, 0.25) is 0 Å². The first-order chi connectivity index (χ1) is 20.5. The van der Waals surface area contributed by atoms with Gasteiger partial charge in [0.05, 0.1) is 33.0 Å². The summed E-state index contributed by atoms with van der Waals surface area (Å²) in [7, 11) is 0. The maximum atomic E-state index is 13.8. The summed E-state index contributed by atoms with van der Waals surface area (Å²) >= 11 is 6.80. The third-order valence-electron chi connectivity index (χ3n) is 7.33. The fourth-order valence-electron chi connectivity index (χ4n) is 5.08. The van der Waals surface area contributed by atoms with Crippen molar-refractivity contribution in [3.05, 3.63) is 144 Å². The molecule has 5 atom stereocenters. The summed E-state index contributed by atoms with van der Waals surface area (Å²) in [5.74, 6) is -0.476. The van der Waals surface area contributed by atoms with Gasteiger partial charge in [-0.05, 0) is 22.3 Å². The number of carbonyl (C=O) groups excluding carboxylic acids is 1. The van der Waals surface area contributed by atoms with Gasteiger partial charge in [0.15, 0.2) is 5.78 Å². The van der Waals surface area contributed by atoms with Crippen LogP contribution in [0.5, 0.6) is 0 Å². The minimum absolute atomic E-state index is 0.167. The number of alkyl halides is 1. The van der Waals surface area contributed by atoms with Gasteiger partial charge in [0.2, 0.25) is 0 Å². The summed E-state index contributed by atoms with van der Waals surface area (Å²) < 4.78 is 25.0. The molecule has 0 radical (unpaired) electrons. The number of Topliss-reactive ketones (excluding diaryl/α,β-unsaturated/α-hetero) is 1. The van der Waals surface area contributed by atoms with Crippen molar-refractivity contribution >= 4 is 17.4 Å². The van der Waals surface area contributed by atoms with Crippen LogP contribution in [0.25, 0.3) is 0 Å². The Labute approximate surface area is 251 Å². The molecule has 0 heterocycles. The first kappa shape index (κ1) is 30.1. The van der Waals surface area contributed by atoms with E-state index in [0.29, 0.717) is 0 Å². The zero-order chi connectivity index (χ0) is 29.2. The second-order valence-electron chi connectivity index (χ2n) is 10.4. The average molecular weight is 587 g/mol. The summed E-state index contributed by atoms with van der Waals surface area (Å²) in [5.41, 5.74) is 1.74. The second kappa shape index (κ2) is 14.7. The quantitative estimate of drug-likeness (QED) is 0.197. The second-order valence-corrected chi connectivity index (χ2v) is 10.9. The van der Waals surface area contributed by atoms with Crippen LogP contribution >= 0.6 is 11.6 Å². The van der Waals surface area contributed by atoms with Crippen LogP contribution in [0.15, 0.2) is 121 Å². The maximum Gasteiger partial charge on any atom is 0.185 e. The van der Waals surface area contributed by atoms with Crippen LogP contribution in [0.1, 0.15) is 22.3 Å². The lowest BCUT2D eigenvalue weighted by molar-refractivity contribution is -0.238. The highest BCUT2D eigenvalue weighted by molar-refractivity contribution is 6.33. The Balaban J connectivity index is 1.44. The standard InChI is InChI=1S/C35H35ClO6/c36-33-30(37)31(40-22-27-15-7-2-8-16-27)32(41-23-28-17-9-3-10-18-28)34(42-24-29-19-11-4-12-20-29)35(33,38)25-39-21-26-13-5-1-6-14-26/h1-20,31-34,38H,21-25H2. The van der Waals surface area contributed by atoms with Crippen molar-refractivity contribution in [2.45, 2.75) is 55.7 Å². The van der Waals surface area contributed by atoms with Crippen molar-refractivity contribution in [2.75, 3.05) is 6.61 Å². The molecule has 1 aliphatic carbocycles. The highest BCUT2D eigenvalue weighted by atomic mass is 35.5. The Bertz CT molecular complexity index is 1370. The molecule has 0 spiro atoms. The van der Waals surface area contributed by atoms with Crippen molar-refractivity contribution in [2.24, 2.45) is 0 Å². The van der Waals surface area contributed by atoms with Gasteiger partial charge in [-0.15, -0.1) is 11.6 Å². The van der Waals surface area contributed by atoms with E-state index in [1.54, 1.807) is 0 Å². The minimum atomic E-state index is -1.89. The van der Waals surface area contributed by atoms with E-state index in [9.17, 15) is 9.90 Å². The molecule has 0 aromatic heterocycles. The van der Waals surface area contributed by atoms with Crippen LogP contribution in [0, 0.1) is 0 Å². The largest absolute Gasteiger partial charge is 0.383 e. The third kappa shape index (κ3) is 7.53. The first-order valence-corrected chi connectivity index (χ1v) is 14.5. The Hall–Kier alpha value is -3.36. The van der Waals surface area contributed by atoms with E-state index in [1.165, 1.54) is 0 Å². The normalized spacial score (nSPS) is 24.0. The topological polar surface area (TPSA) is 74.2 Å². The molecule has 1 saturated carbocycles. The lowest BCUT2D eigenvalue weighted by Crippen LogP contribution is -2.70. The maximum absolute atomic E-state index is 13.8. The highest BCUT2D eigenvalue weighted by Gasteiger charge is 2.60. The molecule has 1 fully saturated rings. The molecule has 4 aromatic rings. The lowest BCUT2D eigenvalue weighted by atomic mass is 9.77. The zero-order valence-corrected chi connectivity index (χ0v) is 24.0. The van der Waals surface area contributed by atoms with Crippen molar-refractivity contribution in [1.82, 2.24) is 0 Å². The Morgan fingerprint density at radius 2 is 1.00 bits per heavy atom. The molecule has 7 heteroatoms. The molecule has 0 aliphatic heterocycles. The van der Waals surface area contributed by atoms with Gasteiger partial charge in [-0.2, -0.15) is 0 Å². The molecule has 1 aliphatic rings. The van der Waals surface area contributed by atoms with E-state index in [-0.39, 0.29) is 33.0 Å². The number of rotatable bonds is 13. The van der Waals surface area contributed by atoms with E-state index in [4.69, 9.17) is 30.5 Å². The Kier molecular flexibility index (Phi) is 10.5. The SMILES string of the molecule is O=C1C(OCc2ccccc2)C(OCc2ccccc2)C(OCc2ccccc2)C(O)(COCc2ccccc2)C1Cl. The Morgan fingerprint density at radius 3 is 1.48 bits per heavy atom. The summed E-state index contributed by atoms with van der Waals surface area (Å²) in [4.78, 5) is 13.8. The van der Waals surface area contributed by atoms with Crippen molar-refractivity contribution in [3.8, 4) is 0 Å². The molecular weight excluding hydrogens is 552 g/mol. The Morgan fingerprint density at radius 1 is 0.595 bits per heavy atom. The third-order valence-corrected chi connectivity index (χ3v) is 7.93. The molecule has 0 amide bonds. The van der Waals surface area contributed by atoms with Gasteiger partial charge < -0.3 is 24.1 Å². The number of aliphatic hydroxyl groups is 1. The molecule has 1 N–H and O–H groups in total. The molecule has 5 rings (SSSR count). The van der Waals surface area contributed by atoms with E-state index in [1.807, 2.05) is 121 Å². The van der Waals surface area contributed by atoms with Gasteiger partial charge >= 0.3 is 0 Å². The smallest absolute Gasteiger partial charge is 0.185 e. The van der Waals surface area contributed by atoms with Crippen LogP contribution in [-0.2, 0) is 50.2 Å². The van der Waals surface area contributed by atoms with E-state index in [0.717, 1.165) is 22.3 Å². The van der Waals surface area contributed by atoms with Gasteiger partial charge in [0.1, 0.15) is 29.3 Å². The van der Waals surface area contributed by atoms with E-state index < -0.39 is 35.1 Å². The van der Waals surface area contributed by atoms with Gasteiger partial charge in [0.25, 0.3) is 0 Å². The van der Waals surface area contributed by atoms with Crippen LogP contribution < -0.4 is 0 Å². The van der Waals surface area contributed by atoms with E-state index >= 15 is 0 Å². The zero-order valence-electron chi connectivity index (χ0n) is 23.3. The molecule has 0 bridgehead atoms. The fraction of sp³-hybridized carbons (Fsp3) is 0.286. The average Bonchev–Trinajstić information content (AvgIpc) is 3.04. The van der Waals surface area contributed by atoms with Crippen LogP contribution in [0.4, 0.5) is 0 Å². The van der Waals surface area contributed by atoms with Crippen molar-refractivity contribution in [3.63, 3.8) is 0 Å². The van der Waals surface area contributed by atoms with Gasteiger partial charge in [-0.3, -0.25) is 4.79 Å². The monoisotopic (exact) mass is 586 g/mol. The number of hydrogen-bond acceptors (Lipinski definition) is 6. The highest BCUT2D eigenvalue weighted by Crippen LogP contribution is 2.38. The summed E-state index contributed by atoms with van der Waals surface area (Å²) in [6, 6.07) is 38.4. The van der Waals surface area contributed by atoms with Crippen molar-refractivity contribution in [1.29, 1.82) is 0 Å². The molecule has 5 unspecified atom stereocenters. The number of hydrogen-bond donors (Lipinski definition) is 1. The summed E-state index contributed by atoms with van der Waals surface area (Å²) in [6.45, 7) is 0.512. The first-order valence-electron chi connectivity index (χ1n) is 14.0. The molecule has 218 valence electrons. The van der Waals surface area contributed by atoms with Gasteiger partial charge in [-0.1, -0.05) is 121 Å². The van der Waals surface area contributed by atoms with E-state index in [2.05, 4.69) is 0 Å². The summed E-state index contributed by atoms with van der Waals surface area (Å²) in [5, 5.41) is 10.8. The summed E-state index contributed by atoms with van der Waals surface area (Å²) in [6.07, 6.45) is -3.09. The fourth-order valence-corrected chi connectivity index (χ4v) is 5.39. The number of carbonyl (C=O) groups is 1. The lowest BCUT2D eigenvalue weighted by Gasteiger charge is -2.48. The molecule has 4 aromatic carbocycles. The van der Waals surface area contributed by atoms with Gasteiger partial charge in [0, 0.05) is 0 Å². The number of ketones is 1. The predicted octanol–water partition coefficient (Wildman–Crippen LogP) is 5.88.